The maximum absolute atomic E-state index is 11.4. The number of rotatable bonds is 5. The molecule has 5 nitrogen and oxygen atoms in total. The molecule has 0 aliphatic carbocycles. The van der Waals surface area contributed by atoms with E-state index in [0.29, 0.717) is 6.54 Å². The van der Waals surface area contributed by atoms with E-state index in [4.69, 9.17) is 0 Å². The quantitative estimate of drug-likeness (QED) is 0.605. The molecule has 0 saturated heterocycles. The van der Waals surface area contributed by atoms with Crippen LogP contribution in [0, 0.1) is 0 Å². The maximum Gasteiger partial charge on any atom is 0.277 e. The molecule has 0 saturated carbocycles. The van der Waals surface area contributed by atoms with Crippen molar-refractivity contribution in [2.45, 2.75) is 39.3 Å². The zero-order valence-corrected chi connectivity index (χ0v) is 10.3. The fraction of sp³-hybridized carbons (Fsp3) is 1.00. The van der Waals surface area contributed by atoms with Crippen molar-refractivity contribution in [3.63, 3.8) is 0 Å². The molecule has 1 unspecified atom stereocenters. The van der Waals surface area contributed by atoms with E-state index in [9.17, 15) is 8.42 Å². The molecule has 0 aliphatic rings. The van der Waals surface area contributed by atoms with Gasteiger partial charge in [-0.15, -0.1) is 0 Å². The highest BCUT2D eigenvalue weighted by Gasteiger charge is 2.19. The Morgan fingerprint density at radius 1 is 1.29 bits per heavy atom. The fourth-order valence-electron chi connectivity index (χ4n) is 0.776. The third kappa shape index (κ3) is 7.25. The van der Waals surface area contributed by atoms with Gasteiger partial charge in [-0.25, -0.2) is 4.72 Å². The predicted molar refractivity (Wildman–Crippen MR) is 58.3 cm³/mol. The van der Waals surface area contributed by atoms with Crippen molar-refractivity contribution in [1.29, 1.82) is 0 Å². The van der Waals surface area contributed by atoms with Crippen molar-refractivity contribution in [3.8, 4) is 0 Å². The molecule has 86 valence electrons. The molecule has 0 heterocycles. The van der Waals surface area contributed by atoms with Crippen molar-refractivity contribution in [2.75, 3.05) is 13.6 Å². The summed E-state index contributed by atoms with van der Waals surface area (Å²) in [6.07, 6.45) is 0. The first-order valence-electron chi connectivity index (χ1n) is 4.62. The minimum Gasteiger partial charge on any atom is -0.316 e. The molecule has 0 aromatic rings. The Morgan fingerprint density at radius 3 is 2.14 bits per heavy atom. The second-order valence-electron chi connectivity index (χ2n) is 4.39. The van der Waals surface area contributed by atoms with Gasteiger partial charge in [0.25, 0.3) is 10.2 Å². The standard InChI is InChI=1S/C8H21N3O2S/c1-7(9-5)6-10-14(12,13)11-8(2,3)4/h7,9-11H,6H2,1-5H3. The molecule has 0 aromatic heterocycles. The molecular formula is C8H21N3O2S. The second-order valence-corrected chi connectivity index (χ2v) is 5.89. The minimum absolute atomic E-state index is 0.117. The second kappa shape index (κ2) is 5.06. The van der Waals surface area contributed by atoms with Gasteiger partial charge in [-0.1, -0.05) is 0 Å². The lowest BCUT2D eigenvalue weighted by atomic mass is 10.1. The Morgan fingerprint density at radius 2 is 1.79 bits per heavy atom. The average Bonchev–Trinajstić information content (AvgIpc) is 1.96. The normalized spacial score (nSPS) is 15.5. The molecule has 0 rings (SSSR count). The summed E-state index contributed by atoms with van der Waals surface area (Å²) >= 11 is 0. The van der Waals surface area contributed by atoms with E-state index >= 15 is 0 Å². The zero-order chi connectivity index (χ0) is 11.4. The van der Waals surface area contributed by atoms with Crippen molar-refractivity contribution in [3.05, 3.63) is 0 Å². The van der Waals surface area contributed by atoms with Gasteiger partial charge in [0.15, 0.2) is 0 Å². The van der Waals surface area contributed by atoms with Gasteiger partial charge in [0.2, 0.25) is 0 Å². The highest BCUT2D eigenvalue weighted by atomic mass is 32.2. The summed E-state index contributed by atoms with van der Waals surface area (Å²) in [4.78, 5) is 0. The summed E-state index contributed by atoms with van der Waals surface area (Å²) in [5.74, 6) is 0. The Labute approximate surface area is 86.8 Å². The van der Waals surface area contributed by atoms with Crippen LogP contribution in [-0.2, 0) is 10.2 Å². The van der Waals surface area contributed by atoms with E-state index < -0.39 is 15.7 Å². The zero-order valence-electron chi connectivity index (χ0n) is 9.51. The van der Waals surface area contributed by atoms with Crippen LogP contribution in [0.2, 0.25) is 0 Å². The smallest absolute Gasteiger partial charge is 0.277 e. The molecule has 0 aromatic carbocycles. The van der Waals surface area contributed by atoms with Crippen LogP contribution in [0.5, 0.6) is 0 Å². The lowest BCUT2D eigenvalue weighted by Gasteiger charge is -2.21. The van der Waals surface area contributed by atoms with Crippen molar-refractivity contribution >= 4 is 10.2 Å². The van der Waals surface area contributed by atoms with Crippen LogP contribution in [0.25, 0.3) is 0 Å². The minimum atomic E-state index is -3.38. The third-order valence-electron chi connectivity index (χ3n) is 1.51. The number of hydrogen-bond donors (Lipinski definition) is 3. The fourth-order valence-corrected chi connectivity index (χ4v) is 2.12. The van der Waals surface area contributed by atoms with Crippen LogP contribution in [0.4, 0.5) is 0 Å². The van der Waals surface area contributed by atoms with Crippen LogP contribution in [0.1, 0.15) is 27.7 Å². The lowest BCUT2D eigenvalue weighted by Crippen LogP contribution is -2.49. The van der Waals surface area contributed by atoms with Crippen LogP contribution in [0.3, 0.4) is 0 Å². The highest BCUT2D eigenvalue weighted by Crippen LogP contribution is 2.00. The topological polar surface area (TPSA) is 70.2 Å². The van der Waals surface area contributed by atoms with Gasteiger partial charge in [-0.2, -0.15) is 13.1 Å². The number of nitrogens with one attached hydrogen (secondary N) is 3. The van der Waals surface area contributed by atoms with Crippen LogP contribution in [-0.4, -0.2) is 33.6 Å². The van der Waals surface area contributed by atoms with Gasteiger partial charge in [-0.05, 0) is 34.7 Å². The van der Waals surface area contributed by atoms with Crippen molar-refractivity contribution in [1.82, 2.24) is 14.8 Å². The van der Waals surface area contributed by atoms with Crippen LogP contribution in [0.15, 0.2) is 0 Å². The molecule has 0 bridgehead atoms. The largest absolute Gasteiger partial charge is 0.316 e. The molecule has 0 fully saturated rings. The van der Waals surface area contributed by atoms with Gasteiger partial charge >= 0.3 is 0 Å². The maximum atomic E-state index is 11.4. The van der Waals surface area contributed by atoms with Crippen molar-refractivity contribution in [2.24, 2.45) is 0 Å². The predicted octanol–water partition coefficient (Wildman–Crippen LogP) is -0.183. The average molecular weight is 223 g/mol. The van der Waals surface area contributed by atoms with E-state index in [0.717, 1.165) is 0 Å². The first kappa shape index (κ1) is 13.8. The van der Waals surface area contributed by atoms with Gasteiger partial charge < -0.3 is 5.32 Å². The summed E-state index contributed by atoms with van der Waals surface area (Å²) in [5, 5.41) is 2.95. The Bertz CT molecular complexity index is 256. The van der Waals surface area contributed by atoms with Gasteiger partial charge in [0, 0.05) is 18.1 Å². The Balaban J connectivity index is 4.10. The lowest BCUT2D eigenvalue weighted by molar-refractivity contribution is 0.478. The van der Waals surface area contributed by atoms with E-state index in [2.05, 4.69) is 14.8 Å². The summed E-state index contributed by atoms with van der Waals surface area (Å²) < 4.78 is 27.8. The van der Waals surface area contributed by atoms with Crippen molar-refractivity contribution < 1.29 is 8.42 Å². The molecule has 3 N–H and O–H groups in total. The number of likely N-dealkylation sites (N-methyl/N-ethyl adjacent to an activating group) is 1. The SMILES string of the molecule is CNC(C)CNS(=O)(=O)NC(C)(C)C. The third-order valence-corrected chi connectivity index (χ3v) is 2.94. The monoisotopic (exact) mass is 223 g/mol. The molecular weight excluding hydrogens is 202 g/mol. The molecule has 0 aliphatic heterocycles. The first-order valence-corrected chi connectivity index (χ1v) is 6.10. The first-order chi connectivity index (χ1) is 6.16. The van der Waals surface area contributed by atoms with E-state index in [1.54, 1.807) is 27.8 Å². The molecule has 14 heavy (non-hydrogen) atoms. The molecule has 0 amide bonds. The number of hydrogen-bond acceptors (Lipinski definition) is 3. The van der Waals surface area contributed by atoms with Crippen LogP contribution >= 0.6 is 0 Å². The summed E-state index contributed by atoms with van der Waals surface area (Å²) in [7, 11) is -1.60. The van der Waals surface area contributed by atoms with Gasteiger partial charge in [0.1, 0.15) is 0 Å². The summed E-state index contributed by atoms with van der Waals surface area (Å²) in [6.45, 7) is 7.68. The van der Waals surface area contributed by atoms with Gasteiger partial charge in [0.05, 0.1) is 0 Å². The van der Waals surface area contributed by atoms with Gasteiger partial charge in [-0.3, -0.25) is 0 Å². The molecule has 0 spiro atoms. The summed E-state index contributed by atoms with van der Waals surface area (Å²) in [5.41, 5.74) is -0.450. The Kier molecular flexibility index (Phi) is 5.00. The van der Waals surface area contributed by atoms with Crippen LogP contribution < -0.4 is 14.8 Å². The Hall–Kier alpha value is -0.170. The highest BCUT2D eigenvalue weighted by molar-refractivity contribution is 7.87. The van der Waals surface area contributed by atoms with E-state index in [1.165, 1.54) is 0 Å². The summed E-state index contributed by atoms with van der Waals surface area (Å²) in [6, 6.07) is 0.117. The molecule has 6 heteroatoms. The van der Waals surface area contributed by atoms with E-state index in [-0.39, 0.29) is 6.04 Å². The molecule has 0 radical (unpaired) electrons. The molecule has 1 atom stereocenters. The van der Waals surface area contributed by atoms with E-state index in [1.807, 2.05) is 6.92 Å².